The minimum atomic E-state index is -0.296. The minimum Gasteiger partial charge on any atom is -0.497 e. The minimum absolute atomic E-state index is 0.109. The van der Waals surface area contributed by atoms with Gasteiger partial charge in [0.2, 0.25) is 0 Å². The van der Waals surface area contributed by atoms with Crippen LogP contribution in [-0.2, 0) is 11.2 Å². The van der Waals surface area contributed by atoms with Crippen LogP contribution in [0.3, 0.4) is 0 Å². The van der Waals surface area contributed by atoms with Crippen molar-refractivity contribution in [2.45, 2.75) is 31.8 Å². The number of benzene rings is 2. The highest BCUT2D eigenvalue weighted by Crippen LogP contribution is 2.38. The van der Waals surface area contributed by atoms with Crippen molar-refractivity contribution in [3.8, 4) is 5.75 Å². The van der Waals surface area contributed by atoms with Gasteiger partial charge in [0.15, 0.2) is 0 Å². The molecule has 1 heterocycles. The van der Waals surface area contributed by atoms with E-state index >= 15 is 0 Å². The number of nitrogens with one attached hydrogen (secondary N) is 3. The molecule has 0 aromatic heterocycles. The van der Waals surface area contributed by atoms with Crippen LogP contribution in [-0.4, -0.2) is 24.8 Å². The second-order valence-corrected chi connectivity index (χ2v) is 7.05. The van der Waals surface area contributed by atoms with Gasteiger partial charge in [-0.05, 0) is 60.7 Å². The number of hydrazine groups is 1. The molecule has 27 heavy (non-hydrogen) atoms. The quantitative estimate of drug-likeness (QED) is 0.575. The second-order valence-electron chi connectivity index (χ2n) is 7.05. The maximum atomic E-state index is 12.7. The molecule has 6 nitrogen and oxygen atoms in total. The summed E-state index contributed by atoms with van der Waals surface area (Å²) in [7, 11) is 1.63. The Hall–Kier alpha value is -2.70. The summed E-state index contributed by atoms with van der Waals surface area (Å²) < 4.78 is 5.17. The molecular weight excluding hydrogens is 340 g/mol. The van der Waals surface area contributed by atoms with Gasteiger partial charge in [-0.3, -0.25) is 4.79 Å². The Morgan fingerprint density at radius 3 is 2.70 bits per heavy atom. The number of rotatable bonds is 4. The molecule has 3 atom stereocenters. The first-order valence-electron chi connectivity index (χ1n) is 9.25. The van der Waals surface area contributed by atoms with Gasteiger partial charge >= 0.3 is 0 Å². The van der Waals surface area contributed by atoms with E-state index < -0.39 is 0 Å². The summed E-state index contributed by atoms with van der Waals surface area (Å²) >= 11 is 0. The molecular formula is C21H24N4O2. The van der Waals surface area contributed by atoms with Crippen molar-refractivity contribution >= 4 is 11.6 Å². The fourth-order valence-electron chi connectivity index (χ4n) is 3.98. The zero-order valence-corrected chi connectivity index (χ0v) is 15.5. The average molecular weight is 364 g/mol. The average Bonchev–Trinajstić information content (AvgIpc) is 3.16. The predicted molar refractivity (Wildman–Crippen MR) is 104 cm³/mol. The van der Waals surface area contributed by atoms with Crippen molar-refractivity contribution in [2.24, 2.45) is 11.0 Å². The third-order valence-electron chi connectivity index (χ3n) is 5.51. The van der Waals surface area contributed by atoms with Crippen molar-refractivity contribution in [3.63, 3.8) is 0 Å². The molecule has 0 radical (unpaired) electrons. The van der Waals surface area contributed by atoms with E-state index in [9.17, 15) is 4.79 Å². The van der Waals surface area contributed by atoms with Gasteiger partial charge in [0, 0.05) is 5.92 Å². The van der Waals surface area contributed by atoms with Gasteiger partial charge in [-0.1, -0.05) is 24.3 Å². The van der Waals surface area contributed by atoms with Crippen LogP contribution < -0.4 is 21.0 Å². The maximum absolute atomic E-state index is 12.7. The number of nitrogens with zero attached hydrogens (tertiary/aromatic N) is 1. The van der Waals surface area contributed by atoms with Gasteiger partial charge in [0.1, 0.15) is 11.8 Å². The first-order chi connectivity index (χ1) is 13.2. The van der Waals surface area contributed by atoms with E-state index in [0.717, 1.165) is 29.9 Å². The van der Waals surface area contributed by atoms with Gasteiger partial charge in [-0.2, -0.15) is 5.10 Å². The van der Waals surface area contributed by atoms with Crippen molar-refractivity contribution in [1.82, 2.24) is 16.3 Å². The summed E-state index contributed by atoms with van der Waals surface area (Å²) in [5.41, 5.74) is 13.5. The first-order valence-corrected chi connectivity index (χ1v) is 9.25. The van der Waals surface area contributed by atoms with Gasteiger partial charge in [-0.25, -0.2) is 16.3 Å². The molecule has 1 aliphatic carbocycles. The number of amides is 1. The number of carbonyl (C=O) groups excluding carboxylic acids is 1. The summed E-state index contributed by atoms with van der Waals surface area (Å²) in [6.07, 6.45) is 1.97. The van der Waals surface area contributed by atoms with Gasteiger partial charge in [-0.15, -0.1) is 0 Å². The first kappa shape index (κ1) is 17.7. The number of hydrogen-bond donors (Lipinski definition) is 3. The smallest absolute Gasteiger partial charge is 0.258 e. The summed E-state index contributed by atoms with van der Waals surface area (Å²) in [6.45, 7) is 1.88. The Kier molecular flexibility index (Phi) is 4.92. The van der Waals surface area contributed by atoms with E-state index in [2.05, 4.69) is 45.6 Å². The van der Waals surface area contributed by atoms with Crippen LogP contribution in [0.4, 0.5) is 0 Å². The highest BCUT2D eigenvalue weighted by Gasteiger charge is 2.43. The third kappa shape index (κ3) is 3.46. The largest absolute Gasteiger partial charge is 0.497 e. The molecule has 140 valence electrons. The van der Waals surface area contributed by atoms with Crippen LogP contribution >= 0.6 is 0 Å². The molecule has 1 saturated heterocycles. The lowest BCUT2D eigenvalue weighted by molar-refractivity contribution is -0.123. The highest BCUT2D eigenvalue weighted by molar-refractivity contribution is 5.99. The van der Waals surface area contributed by atoms with E-state index in [1.807, 2.05) is 31.2 Å². The molecule has 2 aromatic carbocycles. The summed E-state index contributed by atoms with van der Waals surface area (Å²) in [5.74, 6) is 0.902. The molecule has 1 aliphatic heterocycles. The van der Waals surface area contributed by atoms with Crippen LogP contribution in [0.2, 0.25) is 0 Å². The van der Waals surface area contributed by atoms with E-state index in [-0.39, 0.29) is 23.9 Å². The molecule has 2 aromatic rings. The normalized spacial score (nSPS) is 24.1. The summed E-state index contributed by atoms with van der Waals surface area (Å²) in [6, 6.07) is 15.9. The Bertz CT molecular complexity index is 863. The number of fused-ring (bicyclic) bond motifs is 3. The molecule has 0 bridgehead atoms. The van der Waals surface area contributed by atoms with Crippen LogP contribution in [0.5, 0.6) is 5.75 Å². The fraction of sp³-hybridized carbons (Fsp3) is 0.333. The Balaban J connectivity index is 1.43. The van der Waals surface area contributed by atoms with Crippen molar-refractivity contribution in [1.29, 1.82) is 0 Å². The molecule has 0 saturated carbocycles. The zero-order chi connectivity index (χ0) is 18.8. The van der Waals surface area contributed by atoms with E-state index in [4.69, 9.17) is 4.74 Å². The molecule has 1 amide bonds. The number of aryl methyl sites for hydroxylation is 1. The van der Waals surface area contributed by atoms with Gasteiger partial charge in [0.25, 0.3) is 5.91 Å². The van der Waals surface area contributed by atoms with Gasteiger partial charge < -0.3 is 4.74 Å². The van der Waals surface area contributed by atoms with Crippen molar-refractivity contribution < 1.29 is 9.53 Å². The molecule has 0 spiro atoms. The molecule has 3 unspecified atom stereocenters. The van der Waals surface area contributed by atoms with E-state index in [1.165, 1.54) is 11.1 Å². The van der Waals surface area contributed by atoms with E-state index in [1.54, 1.807) is 7.11 Å². The van der Waals surface area contributed by atoms with Crippen LogP contribution in [0.25, 0.3) is 0 Å². The zero-order valence-electron chi connectivity index (χ0n) is 15.5. The lowest BCUT2D eigenvalue weighted by Crippen LogP contribution is -2.44. The van der Waals surface area contributed by atoms with Crippen molar-refractivity contribution in [3.05, 3.63) is 65.2 Å². The SMILES string of the molecule is COc1ccc(/C(C)=N/NC(=O)C2NNC3c4ccccc4CCC23)cc1. The Labute approximate surface area is 159 Å². The summed E-state index contributed by atoms with van der Waals surface area (Å²) in [4.78, 5) is 12.7. The maximum Gasteiger partial charge on any atom is 0.258 e. The number of hydrazone groups is 1. The molecule has 6 heteroatoms. The topological polar surface area (TPSA) is 74.8 Å². The van der Waals surface area contributed by atoms with Crippen molar-refractivity contribution in [2.75, 3.05) is 7.11 Å². The highest BCUT2D eigenvalue weighted by atomic mass is 16.5. The third-order valence-corrected chi connectivity index (χ3v) is 5.51. The molecule has 4 rings (SSSR count). The number of hydrogen-bond acceptors (Lipinski definition) is 5. The van der Waals surface area contributed by atoms with Gasteiger partial charge in [0.05, 0.1) is 18.9 Å². The van der Waals surface area contributed by atoms with Crippen LogP contribution in [0.15, 0.2) is 53.6 Å². The summed E-state index contributed by atoms with van der Waals surface area (Å²) in [5, 5.41) is 4.28. The number of ether oxygens (including phenoxy) is 1. The monoisotopic (exact) mass is 364 g/mol. The second kappa shape index (κ2) is 7.50. The number of methoxy groups -OCH3 is 1. The Morgan fingerprint density at radius 1 is 1.15 bits per heavy atom. The fourth-order valence-corrected chi connectivity index (χ4v) is 3.98. The molecule has 1 fully saturated rings. The van der Waals surface area contributed by atoms with Crippen LogP contribution in [0.1, 0.15) is 36.1 Å². The molecule has 3 N–H and O–H groups in total. The van der Waals surface area contributed by atoms with Crippen LogP contribution in [0, 0.1) is 5.92 Å². The Morgan fingerprint density at radius 2 is 1.93 bits per heavy atom. The number of carbonyl (C=O) groups is 1. The van der Waals surface area contributed by atoms with E-state index in [0.29, 0.717) is 0 Å². The standard InChI is InChI=1S/C21H24N4O2/c1-13(14-7-10-16(27-2)11-8-14)22-25-21(26)20-18-12-9-15-5-3-4-6-17(15)19(18)23-24-20/h3-8,10-11,18-20,23-24H,9,12H2,1-2H3,(H,25,26)/b22-13+. The molecule has 2 aliphatic rings. The lowest BCUT2D eigenvalue weighted by atomic mass is 9.77. The predicted octanol–water partition coefficient (Wildman–Crippen LogP) is 2.32. The lowest BCUT2D eigenvalue weighted by Gasteiger charge is -2.29.